The van der Waals surface area contributed by atoms with E-state index < -0.39 is 0 Å². The second-order valence-corrected chi connectivity index (χ2v) is 4.28. The lowest BCUT2D eigenvalue weighted by Crippen LogP contribution is -2.39. The highest BCUT2D eigenvalue weighted by atomic mass is 15.2. The van der Waals surface area contributed by atoms with Crippen molar-refractivity contribution in [3.8, 4) is 6.07 Å². The first kappa shape index (κ1) is 12.4. The van der Waals surface area contributed by atoms with Crippen LogP contribution in [0.1, 0.15) is 12.8 Å². The molecule has 1 aliphatic heterocycles. The minimum Gasteiger partial charge on any atom is -0.304 e. The average molecular weight is 210 g/mol. The van der Waals surface area contributed by atoms with Gasteiger partial charge in [0.2, 0.25) is 0 Å². The van der Waals surface area contributed by atoms with Crippen LogP contribution in [0.4, 0.5) is 0 Å². The molecular weight excluding hydrogens is 188 g/mol. The summed E-state index contributed by atoms with van der Waals surface area (Å²) < 4.78 is 0. The molecule has 0 spiro atoms. The first-order valence-electron chi connectivity index (χ1n) is 5.74. The third-order valence-corrected chi connectivity index (χ3v) is 3.00. The lowest BCUT2D eigenvalue weighted by molar-refractivity contribution is 0.250. The van der Waals surface area contributed by atoms with Gasteiger partial charge in [0.25, 0.3) is 0 Å². The summed E-state index contributed by atoms with van der Waals surface area (Å²) in [5.74, 6) is 0. The summed E-state index contributed by atoms with van der Waals surface area (Å²) >= 11 is 0. The van der Waals surface area contributed by atoms with E-state index in [-0.39, 0.29) is 6.04 Å². The standard InChI is InChI=1S/C11H22N4/c1-13-11(9-12)10-14(2)7-8-15-5-3-4-6-15/h11,13H,3-8,10H2,1-2H3. The van der Waals surface area contributed by atoms with Crippen LogP contribution in [0.15, 0.2) is 0 Å². The quantitative estimate of drug-likeness (QED) is 0.676. The fraction of sp³-hybridized carbons (Fsp3) is 0.909. The molecule has 1 fully saturated rings. The van der Waals surface area contributed by atoms with Crippen LogP contribution in [-0.2, 0) is 0 Å². The summed E-state index contributed by atoms with van der Waals surface area (Å²) in [4.78, 5) is 4.72. The summed E-state index contributed by atoms with van der Waals surface area (Å²) in [7, 11) is 3.92. The van der Waals surface area contributed by atoms with E-state index >= 15 is 0 Å². The van der Waals surface area contributed by atoms with Crippen LogP contribution in [0.2, 0.25) is 0 Å². The Morgan fingerprint density at radius 2 is 2.13 bits per heavy atom. The van der Waals surface area contributed by atoms with Gasteiger partial charge in [-0.15, -0.1) is 0 Å². The van der Waals surface area contributed by atoms with Crippen molar-refractivity contribution in [3.63, 3.8) is 0 Å². The molecule has 0 radical (unpaired) electrons. The van der Waals surface area contributed by atoms with Gasteiger partial charge in [0.15, 0.2) is 0 Å². The van der Waals surface area contributed by atoms with Gasteiger partial charge in [-0.2, -0.15) is 5.26 Å². The molecule has 15 heavy (non-hydrogen) atoms. The SMILES string of the molecule is CNC(C#N)CN(C)CCN1CCCC1. The number of rotatable bonds is 6. The Bertz CT molecular complexity index is 205. The van der Waals surface area contributed by atoms with Crippen molar-refractivity contribution in [2.75, 3.05) is 46.8 Å². The second kappa shape index (κ2) is 6.78. The van der Waals surface area contributed by atoms with Crippen molar-refractivity contribution >= 4 is 0 Å². The molecule has 1 unspecified atom stereocenters. The van der Waals surface area contributed by atoms with Crippen LogP contribution in [0, 0.1) is 11.3 Å². The van der Waals surface area contributed by atoms with Crippen molar-refractivity contribution in [2.45, 2.75) is 18.9 Å². The monoisotopic (exact) mass is 210 g/mol. The summed E-state index contributed by atoms with van der Waals surface area (Å²) in [6, 6.07) is 2.20. The highest BCUT2D eigenvalue weighted by Gasteiger charge is 2.13. The maximum atomic E-state index is 8.81. The van der Waals surface area contributed by atoms with Crippen LogP contribution in [-0.4, -0.2) is 62.7 Å². The van der Waals surface area contributed by atoms with Crippen LogP contribution >= 0.6 is 0 Å². The number of likely N-dealkylation sites (tertiary alicyclic amines) is 1. The summed E-state index contributed by atoms with van der Waals surface area (Å²) in [6.07, 6.45) is 2.70. The molecular formula is C11H22N4. The van der Waals surface area contributed by atoms with Crippen LogP contribution in [0.5, 0.6) is 0 Å². The maximum absolute atomic E-state index is 8.81. The van der Waals surface area contributed by atoms with Crippen LogP contribution in [0.25, 0.3) is 0 Å². The van der Waals surface area contributed by atoms with Gasteiger partial charge in [0, 0.05) is 19.6 Å². The van der Waals surface area contributed by atoms with Crippen molar-refractivity contribution in [1.82, 2.24) is 15.1 Å². The summed E-state index contributed by atoms with van der Waals surface area (Å²) in [5.41, 5.74) is 0. The number of nitrogens with one attached hydrogen (secondary N) is 1. The normalized spacial score (nSPS) is 19.3. The molecule has 1 atom stereocenters. The molecule has 0 bridgehead atoms. The highest BCUT2D eigenvalue weighted by molar-refractivity contribution is 4.90. The zero-order valence-electron chi connectivity index (χ0n) is 9.87. The molecule has 0 amide bonds. The molecule has 1 saturated heterocycles. The van der Waals surface area contributed by atoms with Crippen LogP contribution < -0.4 is 5.32 Å². The third kappa shape index (κ3) is 4.61. The molecule has 1 aliphatic rings. The van der Waals surface area contributed by atoms with Gasteiger partial charge in [-0.1, -0.05) is 0 Å². The van der Waals surface area contributed by atoms with E-state index in [9.17, 15) is 0 Å². The van der Waals surface area contributed by atoms with Gasteiger partial charge >= 0.3 is 0 Å². The number of nitrogens with zero attached hydrogens (tertiary/aromatic N) is 3. The molecule has 0 aromatic heterocycles. The lowest BCUT2D eigenvalue weighted by Gasteiger charge is -2.22. The molecule has 1 heterocycles. The second-order valence-electron chi connectivity index (χ2n) is 4.28. The zero-order valence-corrected chi connectivity index (χ0v) is 9.87. The minimum absolute atomic E-state index is 0.0476. The molecule has 1 rings (SSSR count). The number of likely N-dealkylation sites (N-methyl/N-ethyl adjacent to an activating group) is 2. The van der Waals surface area contributed by atoms with Crippen molar-refractivity contribution in [2.24, 2.45) is 0 Å². The minimum atomic E-state index is -0.0476. The molecule has 1 N–H and O–H groups in total. The van der Waals surface area contributed by atoms with Crippen molar-refractivity contribution in [1.29, 1.82) is 5.26 Å². The topological polar surface area (TPSA) is 42.3 Å². The Morgan fingerprint density at radius 3 is 2.67 bits per heavy atom. The zero-order chi connectivity index (χ0) is 11.1. The fourth-order valence-electron chi connectivity index (χ4n) is 1.92. The Balaban J connectivity index is 2.12. The van der Waals surface area contributed by atoms with Gasteiger partial charge in [-0.05, 0) is 40.0 Å². The van der Waals surface area contributed by atoms with E-state index in [2.05, 4.69) is 28.2 Å². The molecule has 0 saturated carbocycles. The first-order valence-corrected chi connectivity index (χ1v) is 5.74. The predicted octanol–water partition coefficient (Wildman–Crippen LogP) is 0.126. The lowest BCUT2D eigenvalue weighted by atomic mass is 10.3. The molecule has 4 nitrogen and oxygen atoms in total. The van der Waals surface area contributed by atoms with Gasteiger partial charge < -0.3 is 15.1 Å². The van der Waals surface area contributed by atoms with Crippen molar-refractivity contribution in [3.05, 3.63) is 0 Å². The summed E-state index contributed by atoms with van der Waals surface area (Å²) in [6.45, 7) is 5.50. The third-order valence-electron chi connectivity index (χ3n) is 3.00. The van der Waals surface area contributed by atoms with Gasteiger partial charge in [-0.25, -0.2) is 0 Å². The van der Waals surface area contributed by atoms with E-state index in [1.54, 1.807) is 0 Å². The number of nitriles is 1. The first-order chi connectivity index (χ1) is 7.26. The highest BCUT2D eigenvalue weighted by Crippen LogP contribution is 2.06. The van der Waals surface area contributed by atoms with E-state index in [1.165, 1.54) is 25.9 Å². The fourth-order valence-corrected chi connectivity index (χ4v) is 1.92. The Morgan fingerprint density at radius 1 is 1.47 bits per heavy atom. The largest absolute Gasteiger partial charge is 0.304 e. The maximum Gasteiger partial charge on any atom is 0.108 e. The molecule has 4 heteroatoms. The van der Waals surface area contributed by atoms with Gasteiger partial charge in [0.1, 0.15) is 6.04 Å². The van der Waals surface area contributed by atoms with E-state index in [4.69, 9.17) is 5.26 Å². The molecule has 0 aliphatic carbocycles. The van der Waals surface area contributed by atoms with Gasteiger partial charge in [0.05, 0.1) is 6.07 Å². The Labute approximate surface area is 92.8 Å². The van der Waals surface area contributed by atoms with E-state index in [0.29, 0.717) is 0 Å². The predicted molar refractivity (Wildman–Crippen MR) is 61.6 cm³/mol. The smallest absolute Gasteiger partial charge is 0.108 e. The Kier molecular flexibility index (Phi) is 5.62. The molecule has 0 aromatic rings. The summed E-state index contributed by atoms with van der Waals surface area (Å²) in [5, 5.41) is 11.8. The molecule has 86 valence electrons. The van der Waals surface area contributed by atoms with E-state index in [1.807, 2.05) is 7.05 Å². The van der Waals surface area contributed by atoms with Crippen LogP contribution in [0.3, 0.4) is 0 Å². The van der Waals surface area contributed by atoms with Gasteiger partial charge in [-0.3, -0.25) is 0 Å². The number of hydrogen-bond donors (Lipinski definition) is 1. The average Bonchev–Trinajstić information content (AvgIpc) is 2.75. The Hall–Kier alpha value is -0.630. The van der Waals surface area contributed by atoms with Crippen molar-refractivity contribution < 1.29 is 0 Å². The number of hydrogen-bond acceptors (Lipinski definition) is 4. The molecule has 0 aromatic carbocycles. The van der Waals surface area contributed by atoms with E-state index in [0.717, 1.165) is 19.6 Å².